The fourth-order valence-electron chi connectivity index (χ4n) is 3.53. The predicted molar refractivity (Wildman–Crippen MR) is 102 cm³/mol. The van der Waals surface area contributed by atoms with Gasteiger partial charge in [-0.1, -0.05) is 48.5 Å². The van der Waals surface area contributed by atoms with Gasteiger partial charge in [0.25, 0.3) is 5.91 Å². The highest BCUT2D eigenvalue weighted by atomic mass is 16.5. The number of benzene rings is 3. The second-order valence-corrected chi connectivity index (χ2v) is 6.45. The van der Waals surface area contributed by atoms with Gasteiger partial charge in [0.1, 0.15) is 5.75 Å². The van der Waals surface area contributed by atoms with Crippen LogP contribution in [0.2, 0.25) is 0 Å². The summed E-state index contributed by atoms with van der Waals surface area (Å²) in [6, 6.07) is 19.2. The first-order valence-corrected chi connectivity index (χ1v) is 8.72. The van der Waals surface area contributed by atoms with Crippen molar-refractivity contribution < 1.29 is 14.3 Å². The lowest BCUT2D eigenvalue weighted by molar-refractivity contribution is -0.124. The minimum absolute atomic E-state index is 0.0973. The summed E-state index contributed by atoms with van der Waals surface area (Å²) in [7, 11) is 0. The standard InChI is InChI=1S/C22H19NO3/c1-15(22(25)23-13-12-17-7-3-5-9-20(17)23)26-21-11-10-16-6-2-4-8-18(16)19(21)14-24/h2-11,14-15H,12-13H2,1H3/t15-/m0/s1. The molecule has 0 spiro atoms. The van der Waals surface area contributed by atoms with Crippen LogP contribution in [0.1, 0.15) is 22.8 Å². The monoisotopic (exact) mass is 345 g/mol. The van der Waals surface area contributed by atoms with E-state index in [2.05, 4.69) is 0 Å². The first kappa shape index (κ1) is 16.3. The summed E-state index contributed by atoms with van der Waals surface area (Å²) in [5.41, 5.74) is 2.60. The number of carbonyl (C=O) groups is 2. The largest absolute Gasteiger partial charge is 0.480 e. The highest BCUT2D eigenvalue weighted by Gasteiger charge is 2.29. The zero-order valence-electron chi connectivity index (χ0n) is 14.5. The highest BCUT2D eigenvalue weighted by Crippen LogP contribution is 2.30. The molecule has 0 bridgehead atoms. The van der Waals surface area contributed by atoms with Gasteiger partial charge in [-0.05, 0) is 41.8 Å². The Morgan fingerprint density at radius 1 is 1.08 bits per heavy atom. The zero-order valence-corrected chi connectivity index (χ0v) is 14.5. The van der Waals surface area contributed by atoms with Crippen LogP contribution in [0, 0.1) is 0 Å². The lowest BCUT2D eigenvalue weighted by atomic mass is 10.0. The molecule has 0 unspecified atom stereocenters. The summed E-state index contributed by atoms with van der Waals surface area (Å²) in [6.07, 6.45) is 0.963. The van der Waals surface area contributed by atoms with E-state index in [4.69, 9.17) is 4.74 Å². The third-order valence-corrected chi connectivity index (χ3v) is 4.85. The number of fused-ring (bicyclic) bond motifs is 2. The Balaban J connectivity index is 1.61. The van der Waals surface area contributed by atoms with Gasteiger partial charge in [-0.3, -0.25) is 9.59 Å². The molecule has 130 valence electrons. The molecular formula is C22H19NO3. The number of aldehydes is 1. The fraction of sp³-hybridized carbons (Fsp3) is 0.182. The smallest absolute Gasteiger partial charge is 0.267 e. The van der Waals surface area contributed by atoms with Crippen molar-refractivity contribution in [1.82, 2.24) is 0 Å². The summed E-state index contributed by atoms with van der Waals surface area (Å²) >= 11 is 0. The van der Waals surface area contributed by atoms with Crippen LogP contribution in [0.15, 0.2) is 60.7 Å². The molecule has 4 heteroatoms. The lowest BCUT2D eigenvalue weighted by Gasteiger charge is -2.23. The van der Waals surface area contributed by atoms with Gasteiger partial charge in [0.05, 0.1) is 5.56 Å². The van der Waals surface area contributed by atoms with Crippen molar-refractivity contribution >= 4 is 28.7 Å². The van der Waals surface area contributed by atoms with E-state index in [1.807, 2.05) is 54.6 Å². The first-order chi connectivity index (χ1) is 12.7. The molecule has 1 aliphatic rings. The van der Waals surface area contributed by atoms with Crippen LogP contribution in [0.25, 0.3) is 10.8 Å². The third-order valence-electron chi connectivity index (χ3n) is 4.85. The van der Waals surface area contributed by atoms with Gasteiger partial charge in [0.15, 0.2) is 12.4 Å². The van der Waals surface area contributed by atoms with Crippen molar-refractivity contribution in [1.29, 1.82) is 0 Å². The van der Waals surface area contributed by atoms with Crippen LogP contribution in [0.3, 0.4) is 0 Å². The minimum Gasteiger partial charge on any atom is -0.480 e. The van der Waals surface area contributed by atoms with Crippen LogP contribution >= 0.6 is 0 Å². The molecule has 26 heavy (non-hydrogen) atoms. The van der Waals surface area contributed by atoms with Crippen LogP contribution in [-0.2, 0) is 11.2 Å². The van der Waals surface area contributed by atoms with Crippen LogP contribution in [-0.4, -0.2) is 24.8 Å². The lowest BCUT2D eigenvalue weighted by Crippen LogP contribution is -2.39. The highest BCUT2D eigenvalue weighted by molar-refractivity contribution is 6.01. The molecule has 0 saturated heterocycles. The van der Waals surface area contributed by atoms with Gasteiger partial charge in [-0.2, -0.15) is 0 Å². The SMILES string of the molecule is C[C@H](Oc1ccc2ccccc2c1C=O)C(=O)N1CCc2ccccc21. The average molecular weight is 345 g/mol. The summed E-state index contributed by atoms with van der Waals surface area (Å²) < 4.78 is 5.91. The topological polar surface area (TPSA) is 46.6 Å². The Hall–Kier alpha value is -3.14. The van der Waals surface area contributed by atoms with Gasteiger partial charge >= 0.3 is 0 Å². The van der Waals surface area contributed by atoms with E-state index < -0.39 is 6.10 Å². The number of para-hydroxylation sites is 1. The molecule has 3 aromatic rings. The van der Waals surface area contributed by atoms with Gasteiger partial charge in [-0.15, -0.1) is 0 Å². The van der Waals surface area contributed by atoms with Crippen molar-refractivity contribution in [2.45, 2.75) is 19.4 Å². The molecular weight excluding hydrogens is 326 g/mol. The summed E-state index contributed by atoms with van der Waals surface area (Å²) in [6.45, 7) is 2.39. The van der Waals surface area contributed by atoms with Crippen molar-refractivity contribution in [3.63, 3.8) is 0 Å². The maximum atomic E-state index is 12.9. The van der Waals surface area contributed by atoms with Crippen LogP contribution < -0.4 is 9.64 Å². The number of rotatable bonds is 4. The summed E-state index contributed by atoms with van der Waals surface area (Å²) in [5.74, 6) is 0.340. The van der Waals surface area contributed by atoms with E-state index in [9.17, 15) is 9.59 Å². The van der Waals surface area contributed by atoms with E-state index in [1.54, 1.807) is 17.9 Å². The quantitative estimate of drug-likeness (QED) is 0.671. The number of nitrogens with zero attached hydrogens (tertiary/aromatic N) is 1. The van der Waals surface area contributed by atoms with Crippen LogP contribution in [0.5, 0.6) is 5.75 Å². The Morgan fingerprint density at radius 3 is 2.69 bits per heavy atom. The number of hydrogen-bond donors (Lipinski definition) is 0. The van der Waals surface area contributed by atoms with E-state index in [0.717, 1.165) is 29.2 Å². The van der Waals surface area contributed by atoms with Crippen LogP contribution in [0.4, 0.5) is 5.69 Å². The molecule has 1 amide bonds. The maximum absolute atomic E-state index is 12.9. The van der Waals surface area contributed by atoms with Gasteiger partial charge in [0, 0.05) is 12.2 Å². The van der Waals surface area contributed by atoms with Crippen molar-refractivity contribution in [3.05, 3.63) is 71.8 Å². The molecule has 3 aromatic carbocycles. The molecule has 1 atom stereocenters. The molecule has 0 N–H and O–H groups in total. The van der Waals surface area contributed by atoms with E-state index in [1.165, 1.54) is 5.56 Å². The average Bonchev–Trinajstić information content (AvgIpc) is 3.11. The molecule has 0 radical (unpaired) electrons. The second kappa shape index (κ2) is 6.64. The first-order valence-electron chi connectivity index (χ1n) is 8.72. The summed E-state index contributed by atoms with van der Waals surface area (Å²) in [4.78, 5) is 26.3. The minimum atomic E-state index is -0.680. The fourth-order valence-corrected chi connectivity index (χ4v) is 3.53. The Morgan fingerprint density at radius 2 is 1.85 bits per heavy atom. The van der Waals surface area contributed by atoms with E-state index in [-0.39, 0.29) is 5.91 Å². The molecule has 4 nitrogen and oxygen atoms in total. The van der Waals surface area contributed by atoms with Gasteiger partial charge < -0.3 is 9.64 Å². The Labute approximate surface area is 152 Å². The molecule has 4 rings (SSSR count). The number of anilines is 1. The molecule has 1 heterocycles. The number of ether oxygens (including phenoxy) is 1. The number of hydrogen-bond acceptors (Lipinski definition) is 3. The Bertz CT molecular complexity index is 996. The van der Waals surface area contributed by atoms with E-state index >= 15 is 0 Å². The zero-order chi connectivity index (χ0) is 18.1. The number of carbonyl (C=O) groups excluding carboxylic acids is 2. The molecule has 0 saturated carbocycles. The number of amides is 1. The van der Waals surface area contributed by atoms with Crippen molar-refractivity contribution in [2.75, 3.05) is 11.4 Å². The molecule has 1 aliphatic heterocycles. The summed E-state index contributed by atoms with van der Waals surface area (Å²) in [5, 5.41) is 1.79. The Kier molecular flexibility index (Phi) is 4.17. The maximum Gasteiger partial charge on any atom is 0.267 e. The molecule has 0 aliphatic carbocycles. The predicted octanol–water partition coefficient (Wildman–Crippen LogP) is 4.01. The van der Waals surface area contributed by atoms with E-state index in [0.29, 0.717) is 17.9 Å². The third kappa shape index (κ3) is 2.73. The normalized spacial score (nSPS) is 14.1. The molecule has 0 fully saturated rings. The molecule has 0 aromatic heterocycles. The van der Waals surface area contributed by atoms with Gasteiger partial charge in [0.2, 0.25) is 0 Å². The second-order valence-electron chi connectivity index (χ2n) is 6.45. The van der Waals surface area contributed by atoms with Gasteiger partial charge in [-0.25, -0.2) is 0 Å². The van der Waals surface area contributed by atoms with Crippen molar-refractivity contribution in [3.8, 4) is 5.75 Å². The van der Waals surface area contributed by atoms with Crippen molar-refractivity contribution in [2.24, 2.45) is 0 Å².